The normalized spacial score (nSPS) is 17.7. The van der Waals surface area contributed by atoms with Gasteiger partial charge in [-0.25, -0.2) is 4.39 Å². The fourth-order valence-corrected chi connectivity index (χ4v) is 3.56. The van der Waals surface area contributed by atoms with Crippen molar-refractivity contribution in [1.82, 2.24) is 4.90 Å². The third-order valence-electron chi connectivity index (χ3n) is 4.02. The van der Waals surface area contributed by atoms with Gasteiger partial charge in [0.25, 0.3) is 5.91 Å². The van der Waals surface area contributed by atoms with Gasteiger partial charge in [0.1, 0.15) is 5.82 Å². The molecule has 4 nitrogen and oxygen atoms in total. The van der Waals surface area contributed by atoms with Gasteiger partial charge in [-0.1, -0.05) is 25.1 Å². The van der Waals surface area contributed by atoms with E-state index in [1.165, 1.54) is 40.5 Å². The molecule has 0 aliphatic carbocycles. The van der Waals surface area contributed by atoms with Gasteiger partial charge in [-0.3, -0.25) is 9.59 Å². The van der Waals surface area contributed by atoms with E-state index in [1.54, 1.807) is 6.92 Å². The highest BCUT2D eigenvalue weighted by molar-refractivity contribution is 7.09. The minimum atomic E-state index is -0.701. The van der Waals surface area contributed by atoms with Crippen molar-refractivity contribution in [1.29, 1.82) is 0 Å². The molecule has 0 saturated carbocycles. The van der Waals surface area contributed by atoms with E-state index >= 15 is 0 Å². The monoisotopic (exact) mass is 345 g/mol. The Labute approximate surface area is 142 Å². The van der Waals surface area contributed by atoms with E-state index in [2.05, 4.69) is 0 Å². The van der Waals surface area contributed by atoms with E-state index in [0.29, 0.717) is 5.56 Å². The molecule has 0 radical (unpaired) electrons. The van der Waals surface area contributed by atoms with Gasteiger partial charge in [-0.15, -0.1) is 11.3 Å². The first-order valence-electron chi connectivity index (χ1n) is 7.58. The number of hydrogen-bond acceptors (Lipinski definition) is 4. The summed E-state index contributed by atoms with van der Waals surface area (Å²) in [7, 11) is 0. The Morgan fingerprint density at radius 3 is 2.58 bits per heavy atom. The van der Waals surface area contributed by atoms with Gasteiger partial charge in [-0.2, -0.15) is 0 Å². The van der Waals surface area contributed by atoms with Crippen LogP contribution in [0.1, 0.15) is 29.8 Å². The molecule has 2 aromatic rings. The quantitative estimate of drug-likeness (QED) is 0.898. The second-order valence-corrected chi connectivity index (χ2v) is 6.54. The predicted octanol–water partition coefficient (Wildman–Crippen LogP) is 3.76. The van der Waals surface area contributed by atoms with E-state index in [4.69, 9.17) is 0 Å². The van der Waals surface area contributed by atoms with E-state index < -0.39 is 23.5 Å². The number of ketones is 1. The van der Waals surface area contributed by atoms with Crippen LogP contribution >= 0.6 is 11.3 Å². The minimum absolute atomic E-state index is 0.0886. The van der Waals surface area contributed by atoms with E-state index in [9.17, 15) is 19.1 Å². The second kappa shape index (κ2) is 6.57. The number of carbonyl (C=O) groups is 2. The summed E-state index contributed by atoms with van der Waals surface area (Å²) in [5.74, 6) is -1.77. The Kier molecular flexibility index (Phi) is 4.49. The number of Topliss-reactive ketones (excluding diaryl/α,β-unsaturated/α-hetero) is 1. The summed E-state index contributed by atoms with van der Waals surface area (Å²) in [6.45, 7) is 1.96. The Hall–Kier alpha value is -2.47. The number of amides is 1. The van der Waals surface area contributed by atoms with Gasteiger partial charge in [0.05, 0.1) is 18.2 Å². The predicted molar refractivity (Wildman–Crippen MR) is 89.0 cm³/mol. The summed E-state index contributed by atoms with van der Waals surface area (Å²) < 4.78 is 13.2. The first kappa shape index (κ1) is 16.4. The molecule has 1 aliphatic heterocycles. The topological polar surface area (TPSA) is 57.6 Å². The van der Waals surface area contributed by atoms with Crippen molar-refractivity contribution in [3.63, 3.8) is 0 Å². The largest absolute Gasteiger partial charge is 0.503 e. The molecule has 1 aliphatic rings. The molecule has 3 rings (SSSR count). The van der Waals surface area contributed by atoms with Crippen LogP contribution in [0.3, 0.4) is 0 Å². The minimum Gasteiger partial charge on any atom is -0.503 e. The number of aliphatic hydroxyl groups excluding tert-OH is 1. The van der Waals surface area contributed by atoms with Crippen LogP contribution in [0.2, 0.25) is 0 Å². The summed E-state index contributed by atoms with van der Waals surface area (Å²) in [4.78, 5) is 27.2. The summed E-state index contributed by atoms with van der Waals surface area (Å²) in [5.41, 5.74) is 0.688. The number of nitrogens with zero attached hydrogens (tertiary/aromatic N) is 1. The van der Waals surface area contributed by atoms with E-state index in [1.807, 2.05) is 17.5 Å². The highest BCUT2D eigenvalue weighted by Crippen LogP contribution is 2.39. The van der Waals surface area contributed by atoms with Crippen molar-refractivity contribution in [3.8, 4) is 0 Å². The van der Waals surface area contributed by atoms with Crippen molar-refractivity contribution >= 4 is 23.0 Å². The molecule has 1 aromatic carbocycles. The number of carbonyl (C=O) groups excluding carboxylic acids is 2. The summed E-state index contributed by atoms with van der Waals surface area (Å²) in [6, 6.07) is 8.70. The van der Waals surface area contributed by atoms with Gasteiger partial charge >= 0.3 is 0 Å². The van der Waals surface area contributed by atoms with Crippen molar-refractivity contribution in [3.05, 3.63) is 69.4 Å². The first-order valence-corrected chi connectivity index (χ1v) is 8.46. The Balaban J connectivity index is 2.05. The zero-order valence-electron chi connectivity index (χ0n) is 13.0. The zero-order valence-corrected chi connectivity index (χ0v) is 13.8. The molecule has 124 valence electrons. The van der Waals surface area contributed by atoms with Crippen molar-refractivity contribution in [2.45, 2.75) is 25.9 Å². The lowest BCUT2D eigenvalue weighted by Crippen LogP contribution is -2.30. The molecule has 1 aromatic heterocycles. The van der Waals surface area contributed by atoms with Crippen LogP contribution in [-0.4, -0.2) is 21.7 Å². The molecule has 0 bridgehead atoms. The maximum Gasteiger partial charge on any atom is 0.290 e. The maximum atomic E-state index is 13.2. The lowest BCUT2D eigenvalue weighted by Gasteiger charge is -2.26. The smallest absolute Gasteiger partial charge is 0.290 e. The highest BCUT2D eigenvalue weighted by atomic mass is 32.1. The third kappa shape index (κ3) is 2.85. The lowest BCUT2D eigenvalue weighted by molar-refractivity contribution is -0.130. The number of rotatable bonds is 5. The molecule has 1 atom stereocenters. The second-order valence-electron chi connectivity index (χ2n) is 5.51. The SMILES string of the molecule is CCC(=O)C1=C(O)C(=O)N(Cc2cccs2)C1c1ccc(F)cc1. The molecular formula is C18H16FNO3S. The van der Waals surface area contributed by atoms with Crippen LogP contribution in [0.4, 0.5) is 4.39 Å². The van der Waals surface area contributed by atoms with Gasteiger partial charge in [0.2, 0.25) is 0 Å². The van der Waals surface area contributed by atoms with Crippen LogP contribution in [0, 0.1) is 5.82 Å². The van der Waals surface area contributed by atoms with Crippen LogP contribution in [0.5, 0.6) is 0 Å². The van der Waals surface area contributed by atoms with Gasteiger partial charge < -0.3 is 10.0 Å². The van der Waals surface area contributed by atoms with Gasteiger partial charge in [-0.05, 0) is 29.1 Å². The molecule has 24 heavy (non-hydrogen) atoms. The summed E-state index contributed by atoms with van der Waals surface area (Å²) >= 11 is 1.49. The molecule has 0 spiro atoms. The van der Waals surface area contributed by atoms with E-state index in [-0.39, 0.29) is 24.3 Å². The average Bonchev–Trinajstić information content (AvgIpc) is 3.17. The van der Waals surface area contributed by atoms with Gasteiger partial charge in [0.15, 0.2) is 11.5 Å². The number of halogens is 1. The van der Waals surface area contributed by atoms with Crippen LogP contribution < -0.4 is 0 Å². The number of benzene rings is 1. The molecule has 0 fully saturated rings. The standard InChI is InChI=1S/C18H16FNO3S/c1-2-14(21)15-16(11-5-7-12(19)8-6-11)20(18(23)17(15)22)10-13-4-3-9-24-13/h3-9,16,22H,2,10H2,1H3. The zero-order chi connectivity index (χ0) is 17.3. The summed E-state index contributed by atoms with van der Waals surface area (Å²) in [6.07, 6.45) is 0.178. The number of aliphatic hydroxyl groups is 1. The third-order valence-corrected chi connectivity index (χ3v) is 4.88. The maximum absolute atomic E-state index is 13.2. The molecule has 1 N–H and O–H groups in total. The molecular weight excluding hydrogens is 329 g/mol. The molecule has 2 heterocycles. The van der Waals surface area contributed by atoms with Crippen LogP contribution in [0.15, 0.2) is 53.1 Å². The first-order chi connectivity index (χ1) is 11.5. The fourth-order valence-electron chi connectivity index (χ4n) is 2.85. The Morgan fingerprint density at radius 2 is 2.00 bits per heavy atom. The van der Waals surface area contributed by atoms with Crippen LogP contribution in [0.25, 0.3) is 0 Å². The van der Waals surface area contributed by atoms with Crippen molar-refractivity contribution in [2.75, 3.05) is 0 Å². The Bertz CT molecular complexity index is 796. The molecule has 0 saturated heterocycles. The Morgan fingerprint density at radius 1 is 1.29 bits per heavy atom. The van der Waals surface area contributed by atoms with Crippen molar-refractivity contribution in [2.24, 2.45) is 0 Å². The van der Waals surface area contributed by atoms with Gasteiger partial charge in [0, 0.05) is 11.3 Å². The summed E-state index contributed by atoms with van der Waals surface area (Å²) in [5, 5.41) is 12.1. The molecule has 1 unspecified atom stereocenters. The lowest BCUT2D eigenvalue weighted by atomic mass is 9.95. The highest BCUT2D eigenvalue weighted by Gasteiger charge is 2.42. The average molecular weight is 345 g/mol. The molecule has 6 heteroatoms. The van der Waals surface area contributed by atoms with E-state index in [0.717, 1.165) is 4.88 Å². The molecule has 1 amide bonds. The fraction of sp³-hybridized carbons (Fsp3) is 0.222. The van der Waals surface area contributed by atoms with Crippen molar-refractivity contribution < 1.29 is 19.1 Å². The number of thiophene rings is 1. The van der Waals surface area contributed by atoms with Crippen LogP contribution in [-0.2, 0) is 16.1 Å². The number of hydrogen-bond donors (Lipinski definition) is 1.